The molecular formula is C17H26N4O. The first kappa shape index (κ1) is 15.1. The summed E-state index contributed by atoms with van der Waals surface area (Å²) in [7, 11) is 0. The molecule has 2 aliphatic rings. The second kappa shape index (κ2) is 6.99. The van der Waals surface area contributed by atoms with Crippen molar-refractivity contribution < 1.29 is 4.74 Å². The molecule has 5 heteroatoms. The molecule has 0 aromatic carbocycles. The predicted molar refractivity (Wildman–Crippen MR) is 87.8 cm³/mol. The quantitative estimate of drug-likeness (QED) is 0.686. The minimum atomic E-state index is 0.353. The van der Waals surface area contributed by atoms with Crippen molar-refractivity contribution in [3.05, 3.63) is 23.9 Å². The first-order chi connectivity index (χ1) is 10.7. The van der Waals surface area contributed by atoms with Crippen LogP contribution in [0.25, 0.3) is 0 Å². The van der Waals surface area contributed by atoms with E-state index in [1.807, 2.05) is 12.1 Å². The normalized spacial score (nSPS) is 20.8. The third-order valence-electron chi connectivity index (χ3n) is 4.67. The monoisotopic (exact) mass is 302 g/mol. The molecule has 1 aliphatic heterocycles. The Labute approximate surface area is 132 Å². The molecule has 1 aliphatic carbocycles. The minimum absolute atomic E-state index is 0.353. The smallest absolute Gasteiger partial charge is 0.213 e. The Morgan fingerprint density at radius 3 is 2.82 bits per heavy atom. The van der Waals surface area contributed by atoms with Crippen molar-refractivity contribution >= 4 is 5.96 Å². The molecule has 1 aromatic heterocycles. The number of rotatable bonds is 4. The predicted octanol–water partition coefficient (Wildman–Crippen LogP) is 2.56. The minimum Gasteiger partial charge on any atom is -0.474 e. The largest absolute Gasteiger partial charge is 0.474 e. The van der Waals surface area contributed by atoms with Crippen LogP contribution in [-0.2, 0) is 6.54 Å². The van der Waals surface area contributed by atoms with Crippen LogP contribution in [0.5, 0.6) is 5.88 Å². The molecule has 1 saturated heterocycles. The average Bonchev–Trinajstić information content (AvgIpc) is 2.50. The van der Waals surface area contributed by atoms with Crippen LogP contribution in [0.3, 0.4) is 0 Å². The average molecular weight is 302 g/mol. The molecule has 0 bridgehead atoms. The topological polar surface area (TPSA) is 63.7 Å². The molecule has 22 heavy (non-hydrogen) atoms. The van der Waals surface area contributed by atoms with Gasteiger partial charge in [-0.2, -0.15) is 0 Å². The van der Waals surface area contributed by atoms with Gasteiger partial charge < -0.3 is 15.4 Å². The molecule has 2 N–H and O–H groups in total. The first-order valence-electron chi connectivity index (χ1n) is 8.37. The zero-order valence-electron chi connectivity index (χ0n) is 13.4. The van der Waals surface area contributed by atoms with E-state index in [0.29, 0.717) is 24.5 Å². The standard InChI is InChI=1S/C17H26N4O/c1-13-6-9-21(10-7-13)17(18)20-12-14-5-8-19-16(11-14)22-15-3-2-4-15/h5,8,11,13,15H,2-4,6-7,9-10,12H2,1H3,(H2,18,20). The molecule has 0 unspecified atom stereocenters. The zero-order valence-corrected chi connectivity index (χ0v) is 13.4. The summed E-state index contributed by atoms with van der Waals surface area (Å²) in [5, 5.41) is 0. The number of aromatic nitrogens is 1. The summed E-state index contributed by atoms with van der Waals surface area (Å²) in [6.45, 7) is 4.92. The number of hydrogen-bond acceptors (Lipinski definition) is 3. The van der Waals surface area contributed by atoms with E-state index in [1.54, 1.807) is 6.20 Å². The summed E-state index contributed by atoms with van der Waals surface area (Å²) in [6.07, 6.45) is 8.09. The van der Waals surface area contributed by atoms with Crippen molar-refractivity contribution in [2.24, 2.45) is 16.6 Å². The summed E-state index contributed by atoms with van der Waals surface area (Å²) in [5.41, 5.74) is 7.22. The van der Waals surface area contributed by atoms with Crippen LogP contribution in [0.2, 0.25) is 0 Å². The van der Waals surface area contributed by atoms with E-state index in [1.165, 1.54) is 19.3 Å². The highest BCUT2D eigenvalue weighted by Gasteiger charge is 2.19. The Kier molecular flexibility index (Phi) is 4.80. The van der Waals surface area contributed by atoms with Gasteiger partial charge in [0.1, 0.15) is 6.10 Å². The maximum atomic E-state index is 6.12. The van der Waals surface area contributed by atoms with Gasteiger partial charge in [-0.15, -0.1) is 0 Å². The van der Waals surface area contributed by atoms with Crippen molar-refractivity contribution in [3.8, 4) is 5.88 Å². The molecule has 0 spiro atoms. The van der Waals surface area contributed by atoms with Crippen LogP contribution in [0.4, 0.5) is 0 Å². The molecule has 0 radical (unpaired) electrons. The maximum Gasteiger partial charge on any atom is 0.213 e. The van der Waals surface area contributed by atoms with Crippen molar-refractivity contribution in [1.29, 1.82) is 0 Å². The van der Waals surface area contributed by atoms with Crippen LogP contribution in [0.1, 0.15) is 44.6 Å². The molecule has 2 heterocycles. The van der Waals surface area contributed by atoms with E-state index in [9.17, 15) is 0 Å². The third-order valence-corrected chi connectivity index (χ3v) is 4.67. The fourth-order valence-electron chi connectivity index (χ4n) is 2.78. The fraction of sp³-hybridized carbons (Fsp3) is 0.647. The van der Waals surface area contributed by atoms with Crippen molar-refractivity contribution in [2.75, 3.05) is 13.1 Å². The molecule has 3 rings (SSSR count). The lowest BCUT2D eigenvalue weighted by Gasteiger charge is -2.31. The molecule has 1 aromatic rings. The van der Waals surface area contributed by atoms with E-state index in [2.05, 4.69) is 21.8 Å². The highest BCUT2D eigenvalue weighted by atomic mass is 16.5. The Bertz CT molecular complexity index is 519. The number of guanidine groups is 1. The van der Waals surface area contributed by atoms with Gasteiger partial charge >= 0.3 is 0 Å². The Hall–Kier alpha value is -1.78. The lowest BCUT2D eigenvalue weighted by Crippen LogP contribution is -2.42. The van der Waals surface area contributed by atoms with E-state index in [4.69, 9.17) is 10.5 Å². The highest BCUT2D eigenvalue weighted by Crippen LogP contribution is 2.24. The lowest BCUT2D eigenvalue weighted by molar-refractivity contribution is 0.114. The van der Waals surface area contributed by atoms with Gasteiger partial charge in [-0.25, -0.2) is 9.98 Å². The Morgan fingerprint density at radius 2 is 2.14 bits per heavy atom. The van der Waals surface area contributed by atoms with Crippen LogP contribution in [-0.4, -0.2) is 35.0 Å². The van der Waals surface area contributed by atoms with Gasteiger partial charge in [0, 0.05) is 25.4 Å². The van der Waals surface area contributed by atoms with E-state index in [0.717, 1.165) is 37.4 Å². The molecule has 1 saturated carbocycles. The number of nitrogens with zero attached hydrogens (tertiary/aromatic N) is 3. The van der Waals surface area contributed by atoms with Gasteiger partial charge in [-0.3, -0.25) is 0 Å². The highest BCUT2D eigenvalue weighted by molar-refractivity contribution is 5.78. The fourth-order valence-corrected chi connectivity index (χ4v) is 2.78. The van der Waals surface area contributed by atoms with Crippen LogP contribution in [0.15, 0.2) is 23.3 Å². The number of aliphatic imine (C=N–C) groups is 1. The van der Waals surface area contributed by atoms with Crippen molar-refractivity contribution in [3.63, 3.8) is 0 Å². The summed E-state index contributed by atoms with van der Waals surface area (Å²) < 4.78 is 5.82. The van der Waals surface area contributed by atoms with Crippen LogP contribution < -0.4 is 10.5 Å². The van der Waals surface area contributed by atoms with Gasteiger partial charge in [-0.05, 0) is 49.7 Å². The van der Waals surface area contributed by atoms with E-state index in [-0.39, 0.29) is 0 Å². The van der Waals surface area contributed by atoms with Crippen molar-refractivity contribution in [2.45, 2.75) is 51.7 Å². The second-order valence-corrected chi connectivity index (χ2v) is 6.52. The molecule has 2 fully saturated rings. The van der Waals surface area contributed by atoms with E-state index >= 15 is 0 Å². The van der Waals surface area contributed by atoms with Gasteiger partial charge in [0.05, 0.1) is 6.54 Å². The number of piperidine rings is 1. The van der Waals surface area contributed by atoms with Gasteiger partial charge in [0.15, 0.2) is 5.96 Å². The van der Waals surface area contributed by atoms with Gasteiger partial charge in [-0.1, -0.05) is 6.92 Å². The summed E-state index contributed by atoms with van der Waals surface area (Å²) in [4.78, 5) is 11.0. The van der Waals surface area contributed by atoms with Crippen LogP contribution >= 0.6 is 0 Å². The molecule has 0 atom stereocenters. The molecule has 5 nitrogen and oxygen atoms in total. The molecule has 120 valence electrons. The first-order valence-corrected chi connectivity index (χ1v) is 8.37. The molecular weight excluding hydrogens is 276 g/mol. The SMILES string of the molecule is CC1CCN(C(N)=NCc2ccnc(OC3CCC3)c2)CC1. The molecule has 0 amide bonds. The lowest BCUT2D eigenvalue weighted by atomic mass is 9.96. The maximum absolute atomic E-state index is 6.12. The third kappa shape index (κ3) is 3.90. The van der Waals surface area contributed by atoms with Crippen molar-refractivity contribution in [1.82, 2.24) is 9.88 Å². The second-order valence-electron chi connectivity index (χ2n) is 6.52. The summed E-state index contributed by atoms with van der Waals surface area (Å²) in [5.74, 6) is 2.17. The Morgan fingerprint density at radius 1 is 1.36 bits per heavy atom. The van der Waals surface area contributed by atoms with Gasteiger partial charge in [0.2, 0.25) is 5.88 Å². The van der Waals surface area contributed by atoms with Gasteiger partial charge in [0.25, 0.3) is 0 Å². The number of hydrogen-bond donors (Lipinski definition) is 1. The zero-order chi connectivity index (χ0) is 15.4. The van der Waals surface area contributed by atoms with Crippen LogP contribution in [0, 0.1) is 5.92 Å². The van der Waals surface area contributed by atoms with E-state index < -0.39 is 0 Å². The number of likely N-dealkylation sites (tertiary alicyclic amines) is 1. The summed E-state index contributed by atoms with van der Waals surface area (Å²) >= 11 is 0. The number of ether oxygens (including phenoxy) is 1. The number of pyridine rings is 1. The number of nitrogens with two attached hydrogens (primary N) is 1. The summed E-state index contributed by atoms with van der Waals surface area (Å²) in [6, 6.07) is 3.95. The Balaban J connectivity index is 1.55.